The molecule has 0 saturated heterocycles. The summed E-state index contributed by atoms with van der Waals surface area (Å²) in [5.41, 5.74) is 0.902. The lowest BCUT2D eigenvalue weighted by Crippen LogP contribution is -2.43. The van der Waals surface area contributed by atoms with Crippen molar-refractivity contribution in [1.29, 1.82) is 0 Å². The van der Waals surface area contributed by atoms with E-state index in [1.807, 2.05) is 6.92 Å². The van der Waals surface area contributed by atoms with Crippen LogP contribution in [-0.4, -0.2) is 35.3 Å². The van der Waals surface area contributed by atoms with E-state index in [4.69, 9.17) is 16.3 Å². The van der Waals surface area contributed by atoms with Crippen molar-refractivity contribution >= 4 is 40.2 Å². The van der Waals surface area contributed by atoms with E-state index in [-0.39, 0.29) is 5.56 Å². The zero-order chi connectivity index (χ0) is 17.7. The Morgan fingerprint density at radius 1 is 1.33 bits per heavy atom. The standard InChI is InChI=1S/C17H19ClN2O4/c1-3-4-7-24-17(23)10(2)20-16(22)15(21)13-9-19-14-6-5-11(18)8-12(13)14/h5-6,8-10,19H,3-4,7H2,1-2H3,(H,20,22)/t10-/m0/s1. The number of nitrogens with one attached hydrogen (secondary N) is 2. The highest BCUT2D eigenvalue weighted by Gasteiger charge is 2.24. The number of aromatic amines is 1. The van der Waals surface area contributed by atoms with Crippen LogP contribution in [0.3, 0.4) is 0 Å². The number of carbonyl (C=O) groups excluding carboxylic acids is 3. The Kier molecular flexibility index (Phi) is 5.98. The lowest BCUT2D eigenvalue weighted by atomic mass is 10.1. The summed E-state index contributed by atoms with van der Waals surface area (Å²) in [6.45, 7) is 3.75. The van der Waals surface area contributed by atoms with Crippen molar-refractivity contribution in [3.63, 3.8) is 0 Å². The van der Waals surface area contributed by atoms with Crippen LogP contribution in [0, 0.1) is 0 Å². The van der Waals surface area contributed by atoms with Gasteiger partial charge in [-0.15, -0.1) is 0 Å². The van der Waals surface area contributed by atoms with Crippen LogP contribution in [-0.2, 0) is 14.3 Å². The molecular formula is C17H19ClN2O4. The monoisotopic (exact) mass is 350 g/mol. The molecule has 0 spiro atoms. The van der Waals surface area contributed by atoms with E-state index in [1.165, 1.54) is 13.1 Å². The lowest BCUT2D eigenvalue weighted by Gasteiger charge is -2.12. The fraction of sp³-hybridized carbons (Fsp3) is 0.353. The van der Waals surface area contributed by atoms with E-state index in [9.17, 15) is 14.4 Å². The molecule has 0 bridgehead atoms. The lowest BCUT2D eigenvalue weighted by molar-refractivity contribution is -0.147. The Balaban J connectivity index is 2.04. The van der Waals surface area contributed by atoms with E-state index >= 15 is 0 Å². The molecule has 0 radical (unpaired) electrons. The smallest absolute Gasteiger partial charge is 0.328 e. The highest BCUT2D eigenvalue weighted by atomic mass is 35.5. The normalized spacial score (nSPS) is 12.0. The average molecular weight is 351 g/mol. The Morgan fingerprint density at radius 2 is 2.08 bits per heavy atom. The Labute approximate surface area is 144 Å². The first-order chi connectivity index (χ1) is 11.4. The number of hydrogen-bond acceptors (Lipinski definition) is 4. The summed E-state index contributed by atoms with van der Waals surface area (Å²) < 4.78 is 5.01. The fourth-order valence-corrected chi connectivity index (χ4v) is 2.34. The number of unbranched alkanes of at least 4 members (excludes halogenated alkanes) is 1. The van der Waals surface area contributed by atoms with Crippen molar-refractivity contribution in [3.05, 3.63) is 35.0 Å². The second-order valence-electron chi connectivity index (χ2n) is 5.44. The molecule has 1 amide bonds. The van der Waals surface area contributed by atoms with E-state index in [0.717, 1.165) is 12.8 Å². The van der Waals surface area contributed by atoms with Crippen molar-refractivity contribution in [2.75, 3.05) is 6.61 Å². The fourth-order valence-electron chi connectivity index (χ4n) is 2.17. The van der Waals surface area contributed by atoms with Gasteiger partial charge < -0.3 is 15.0 Å². The molecule has 0 saturated carbocycles. The van der Waals surface area contributed by atoms with Crippen molar-refractivity contribution in [2.24, 2.45) is 0 Å². The minimum atomic E-state index is -0.896. The van der Waals surface area contributed by atoms with Crippen molar-refractivity contribution in [2.45, 2.75) is 32.7 Å². The third kappa shape index (κ3) is 4.14. The topological polar surface area (TPSA) is 88.3 Å². The zero-order valence-electron chi connectivity index (χ0n) is 13.5. The Hall–Kier alpha value is -2.34. The number of hydrogen-bond donors (Lipinski definition) is 2. The molecule has 24 heavy (non-hydrogen) atoms. The first-order valence-corrected chi connectivity index (χ1v) is 8.10. The molecule has 0 fully saturated rings. The number of ketones is 1. The maximum atomic E-state index is 12.3. The van der Waals surface area contributed by atoms with E-state index in [2.05, 4.69) is 10.3 Å². The van der Waals surface area contributed by atoms with Gasteiger partial charge in [-0.3, -0.25) is 9.59 Å². The van der Waals surface area contributed by atoms with Gasteiger partial charge in [-0.2, -0.15) is 0 Å². The minimum Gasteiger partial charge on any atom is -0.464 e. The third-order valence-electron chi connectivity index (χ3n) is 3.54. The van der Waals surface area contributed by atoms with Gasteiger partial charge in [-0.05, 0) is 31.5 Å². The summed E-state index contributed by atoms with van der Waals surface area (Å²) in [7, 11) is 0. The number of benzene rings is 1. The van der Waals surface area contributed by atoms with Crippen molar-refractivity contribution in [1.82, 2.24) is 10.3 Å². The summed E-state index contributed by atoms with van der Waals surface area (Å²) in [6, 6.07) is 4.12. The number of amides is 1. The SMILES string of the molecule is CCCCOC(=O)[C@H](C)NC(=O)C(=O)c1c[nH]c2ccc(Cl)cc12. The van der Waals surface area contributed by atoms with Gasteiger partial charge in [-0.1, -0.05) is 24.9 Å². The summed E-state index contributed by atoms with van der Waals surface area (Å²) >= 11 is 5.93. The molecular weight excluding hydrogens is 332 g/mol. The van der Waals surface area contributed by atoms with Crippen LogP contribution in [0.15, 0.2) is 24.4 Å². The molecule has 2 N–H and O–H groups in total. The predicted octanol–water partition coefficient (Wildman–Crippen LogP) is 2.85. The van der Waals surface area contributed by atoms with Gasteiger partial charge in [0, 0.05) is 22.1 Å². The molecule has 1 aromatic heterocycles. The number of carbonyl (C=O) groups is 3. The van der Waals surface area contributed by atoms with Gasteiger partial charge in [0.05, 0.1) is 12.2 Å². The molecule has 0 aliphatic heterocycles. The summed E-state index contributed by atoms with van der Waals surface area (Å²) in [4.78, 5) is 39.1. The van der Waals surface area contributed by atoms with E-state index in [0.29, 0.717) is 22.5 Å². The summed E-state index contributed by atoms with van der Waals surface area (Å²) in [6.07, 6.45) is 3.10. The number of rotatable bonds is 7. The molecule has 1 heterocycles. The molecule has 6 nitrogen and oxygen atoms in total. The highest BCUT2D eigenvalue weighted by Crippen LogP contribution is 2.22. The molecule has 1 atom stereocenters. The van der Waals surface area contributed by atoms with Crippen LogP contribution in [0.4, 0.5) is 0 Å². The van der Waals surface area contributed by atoms with Crippen LogP contribution in [0.5, 0.6) is 0 Å². The van der Waals surface area contributed by atoms with Crippen LogP contribution >= 0.6 is 11.6 Å². The molecule has 0 aliphatic carbocycles. The number of Topliss-reactive ketones (excluding diaryl/α,β-unsaturated/α-hetero) is 1. The van der Waals surface area contributed by atoms with Gasteiger partial charge in [-0.25, -0.2) is 4.79 Å². The van der Waals surface area contributed by atoms with E-state index in [1.54, 1.807) is 18.2 Å². The quantitative estimate of drug-likeness (QED) is 0.348. The Morgan fingerprint density at radius 3 is 2.79 bits per heavy atom. The van der Waals surface area contributed by atoms with Gasteiger partial charge in [0.25, 0.3) is 11.7 Å². The number of ether oxygens (including phenoxy) is 1. The second kappa shape index (κ2) is 7.97. The van der Waals surface area contributed by atoms with Crippen LogP contribution in [0.1, 0.15) is 37.0 Å². The van der Waals surface area contributed by atoms with Crippen LogP contribution < -0.4 is 5.32 Å². The number of halogens is 1. The molecule has 128 valence electrons. The number of fused-ring (bicyclic) bond motifs is 1. The van der Waals surface area contributed by atoms with Gasteiger partial charge >= 0.3 is 5.97 Å². The number of aromatic nitrogens is 1. The molecule has 7 heteroatoms. The molecule has 1 aromatic carbocycles. The highest BCUT2D eigenvalue weighted by molar-refractivity contribution is 6.45. The van der Waals surface area contributed by atoms with Gasteiger partial charge in [0.15, 0.2) is 0 Å². The first kappa shape index (κ1) is 18.0. The molecule has 2 rings (SSSR count). The zero-order valence-corrected chi connectivity index (χ0v) is 14.3. The van der Waals surface area contributed by atoms with E-state index < -0.39 is 23.7 Å². The van der Waals surface area contributed by atoms with Crippen molar-refractivity contribution < 1.29 is 19.1 Å². The summed E-state index contributed by atoms with van der Waals surface area (Å²) in [5.74, 6) is -2.17. The maximum Gasteiger partial charge on any atom is 0.328 e. The average Bonchev–Trinajstić information content (AvgIpc) is 2.96. The minimum absolute atomic E-state index is 0.205. The second-order valence-corrected chi connectivity index (χ2v) is 5.87. The van der Waals surface area contributed by atoms with Gasteiger partial charge in [0.2, 0.25) is 0 Å². The Bertz CT molecular complexity index is 769. The van der Waals surface area contributed by atoms with Crippen molar-refractivity contribution in [3.8, 4) is 0 Å². The number of H-pyrrole nitrogens is 1. The largest absolute Gasteiger partial charge is 0.464 e. The third-order valence-corrected chi connectivity index (χ3v) is 3.77. The molecule has 2 aromatic rings. The maximum absolute atomic E-state index is 12.3. The summed E-state index contributed by atoms with van der Waals surface area (Å²) in [5, 5.41) is 3.38. The predicted molar refractivity (Wildman–Crippen MR) is 91.1 cm³/mol. The molecule has 0 aliphatic rings. The number of esters is 1. The molecule has 0 unspecified atom stereocenters. The van der Waals surface area contributed by atoms with Gasteiger partial charge in [0.1, 0.15) is 6.04 Å². The van der Waals surface area contributed by atoms with Crippen LogP contribution in [0.2, 0.25) is 5.02 Å². The first-order valence-electron chi connectivity index (χ1n) is 7.72. The van der Waals surface area contributed by atoms with Crippen LogP contribution in [0.25, 0.3) is 10.9 Å².